The molecule has 0 aromatic carbocycles. The third kappa shape index (κ3) is 8.03. The summed E-state index contributed by atoms with van der Waals surface area (Å²) in [5.41, 5.74) is -2.09. The van der Waals surface area contributed by atoms with Gasteiger partial charge in [-0.05, 0) is 40.5 Å². The number of nitrogens with zero attached hydrogens (tertiary/aromatic N) is 3. The number of hydrogen-bond donors (Lipinski definition) is 3. The first kappa shape index (κ1) is 29.5. The summed E-state index contributed by atoms with van der Waals surface area (Å²) in [6.45, 7) is 6.02. The minimum absolute atomic E-state index is 0.0130. The van der Waals surface area contributed by atoms with Gasteiger partial charge in [0.2, 0.25) is 0 Å². The van der Waals surface area contributed by atoms with E-state index in [0.29, 0.717) is 0 Å². The molecule has 2 fully saturated rings. The lowest BCUT2D eigenvalue weighted by Crippen LogP contribution is -2.40. The first-order valence-electron chi connectivity index (χ1n) is 9.72. The highest BCUT2D eigenvalue weighted by atomic mass is 35.5. The molecule has 14 nitrogen and oxygen atoms in total. The number of halogens is 1. The maximum Gasteiger partial charge on any atom is 0.342 e. The minimum Gasteiger partial charge on any atom is -0.779 e. The Hall–Kier alpha value is -1.53. The van der Waals surface area contributed by atoms with Gasteiger partial charge in [0, 0.05) is 37.2 Å². The van der Waals surface area contributed by atoms with Crippen LogP contribution in [-0.2, 0) is 18.7 Å². The molecule has 0 spiro atoms. The number of imide groups is 2. The molecule has 2 rings (SSSR count). The van der Waals surface area contributed by atoms with Crippen LogP contribution in [0, 0.1) is 0 Å². The molecule has 2 saturated heterocycles. The first-order valence-corrected chi connectivity index (χ1v) is 13.6. The number of rotatable bonds is 8. The summed E-state index contributed by atoms with van der Waals surface area (Å²) >= 11 is 5.67. The zero-order chi connectivity index (χ0) is 26.0. The fraction of sp³-hybridized carbons (Fsp3) is 0.750. The molecule has 2 unspecified atom stereocenters. The average molecular weight is 533 g/mol. The van der Waals surface area contributed by atoms with Gasteiger partial charge in [-0.1, -0.05) is 0 Å². The van der Waals surface area contributed by atoms with E-state index < -0.39 is 62.5 Å². The molecular weight excluding hydrogens is 506 g/mol. The minimum atomic E-state index is -4.36. The highest BCUT2D eigenvalue weighted by Gasteiger charge is 2.50. The van der Waals surface area contributed by atoms with Crippen molar-refractivity contribution in [2.24, 2.45) is 0 Å². The predicted molar refractivity (Wildman–Crippen MR) is 112 cm³/mol. The van der Waals surface area contributed by atoms with E-state index in [2.05, 4.69) is 5.32 Å². The molecule has 0 aliphatic carbocycles. The van der Waals surface area contributed by atoms with Crippen molar-refractivity contribution in [3.05, 3.63) is 0 Å². The number of nitrogens with one attached hydrogen (secondary N) is 1. The van der Waals surface area contributed by atoms with Crippen LogP contribution in [0.5, 0.6) is 0 Å². The second-order valence-electron chi connectivity index (χ2n) is 8.52. The summed E-state index contributed by atoms with van der Waals surface area (Å²) in [7, 11) is -8.67. The summed E-state index contributed by atoms with van der Waals surface area (Å²) in [6.07, 6.45) is -0.903. The van der Waals surface area contributed by atoms with Crippen LogP contribution in [-0.4, -0.2) is 84.4 Å². The van der Waals surface area contributed by atoms with Gasteiger partial charge in [0.15, 0.2) is 0 Å². The third-order valence-electron chi connectivity index (χ3n) is 4.75. The Morgan fingerprint density at radius 1 is 0.879 bits per heavy atom. The molecule has 33 heavy (non-hydrogen) atoms. The van der Waals surface area contributed by atoms with Crippen LogP contribution in [0.15, 0.2) is 0 Å². The zero-order valence-electron chi connectivity index (χ0n) is 18.5. The van der Waals surface area contributed by atoms with Gasteiger partial charge in [-0.25, -0.2) is 14.0 Å². The van der Waals surface area contributed by atoms with Gasteiger partial charge >= 0.3 is 12.1 Å². The lowest BCUT2D eigenvalue weighted by atomic mass is 10.1. The second-order valence-corrected chi connectivity index (χ2v) is 12.3. The summed E-state index contributed by atoms with van der Waals surface area (Å²) in [4.78, 5) is 86.2. The Morgan fingerprint density at radius 2 is 1.30 bits per heavy atom. The molecule has 0 radical (unpaired) electrons. The van der Waals surface area contributed by atoms with Crippen molar-refractivity contribution >= 4 is 50.8 Å². The molecule has 0 aromatic rings. The Morgan fingerprint density at radius 3 is 1.61 bits per heavy atom. The van der Waals surface area contributed by atoms with E-state index in [0.717, 1.165) is 14.2 Å². The van der Waals surface area contributed by atoms with Gasteiger partial charge < -0.3 is 34.0 Å². The maximum atomic E-state index is 11.8. The number of carbonyl (C=O) groups is 4. The molecule has 0 aromatic heterocycles. The van der Waals surface area contributed by atoms with E-state index in [1.165, 1.54) is 13.8 Å². The topological polar surface area (TPSA) is 211 Å². The third-order valence-corrected chi connectivity index (χ3v) is 7.08. The molecule has 2 atom stereocenters. The highest BCUT2D eigenvalue weighted by Crippen LogP contribution is 2.32. The fourth-order valence-electron chi connectivity index (χ4n) is 2.92. The molecular formula is C16H27ClN4O10P2-2. The van der Waals surface area contributed by atoms with E-state index in [1.54, 1.807) is 13.8 Å². The number of carbonyl (C=O) groups excluding carboxylic acids is 4. The van der Waals surface area contributed by atoms with E-state index in [-0.39, 0.29) is 25.9 Å². The van der Waals surface area contributed by atoms with Gasteiger partial charge in [-0.3, -0.25) is 19.4 Å². The molecule has 0 bridgehead atoms. The largest absolute Gasteiger partial charge is 0.779 e. The van der Waals surface area contributed by atoms with Crippen molar-refractivity contribution in [2.75, 3.05) is 25.4 Å². The van der Waals surface area contributed by atoms with Crippen molar-refractivity contribution in [1.29, 1.82) is 0 Å². The Bertz CT molecular complexity index is 900. The van der Waals surface area contributed by atoms with Gasteiger partial charge in [0.05, 0.1) is 0 Å². The Labute approximate surface area is 195 Å². The maximum absolute atomic E-state index is 11.8. The smallest absolute Gasteiger partial charge is 0.342 e. The molecule has 6 amide bonds. The molecule has 3 N–H and O–H groups in total. The van der Waals surface area contributed by atoms with Crippen molar-refractivity contribution in [3.63, 3.8) is 0 Å². The van der Waals surface area contributed by atoms with Gasteiger partial charge in [-0.2, -0.15) is 0 Å². The molecule has 2 aliphatic rings. The lowest BCUT2D eigenvalue weighted by molar-refractivity contribution is -0.194. The standard InChI is InChI=1S/C8H14ClN2O5P.C8H15N2O5P/c1-8(2)6(12)10(7(13)11(8)9)4-3-5-17(14,15)16;1-8(2)6(11)10(7(12)9-8)4-3-5-16(13,14)15/h3-5H2,1-2H3,(H2,14,15,16);3-5H2,1-2H3,(H,9,12)(H2,13,14,15)/p-2. The molecule has 2 heterocycles. The van der Waals surface area contributed by atoms with Crippen molar-refractivity contribution in [1.82, 2.24) is 19.5 Å². The lowest BCUT2D eigenvalue weighted by Gasteiger charge is -2.19. The quantitative estimate of drug-likeness (QED) is 0.204. The van der Waals surface area contributed by atoms with Crippen LogP contribution in [0.1, 0.15) is 40.5 Å². The van der Waals surface area contributed by atoms with Crippen LogP contribution in [0.4, 0.5) is 9.59 Å². The summed E-state index contributed by atoms with van der Waals surface area (Å²) < 4.78 is 21.8. The average Bonchev–Trinajstić information content (AvgIpc) is 2.91. The number of amides is 6. The zero-order valence-corrected chi connectivity index (χ0v) is 21.1. The Kier molecular flexibility index (Phi) is 9.29. The van der Waals surface area contributed by atoms with E-state index in [9.17, 15) is 38.1 Å². The second kappa shape index (κ2) is 10.4. The predicted octanol–water partition coefficient (Wildman–Crippen LogP) is -0.629. The Balaban J connectivity index is 0.000000331. The van der Waals surface area contributed by atoms with Gasteiger partial charge in [0.25, 0.3) is 11.8 Å². The van der Waals surface area contributed by atoms with Gasteiger partial charge in [0.1, 0.15) is 26.3 Å². The van der Waals surface area contributed by atoms with E-state index in [1.807, 2.05) is 0 Å². The van der Waals surface area contributed by atoms with Gasteiger partial charge in [-0.15, -0.1) is 0 Å². The van der Waals surface area contributed by atoms with Crippen LogP contribution < -0.4 is 15.1 Å². The number of urea groups is 2. The molecule has 0 saturated carbocycles. The normalized spacial score (nSPS) is 23.1. The first-order chi connectivity index (χ1) is 14.7. The molecule has 190 valence electrons. The van der Waals surface area contributed by atoms with Crippen molar-refractivity contribution in [2.45, 2.75) is 51.6 Å². The van der Waals surface area contributed by atoms with Crippen LogP contribution in [0.3, 0.4) is 0 Å². The van der Waals surface area contributed by atoms with Crippen LogP contribution >= 0.6 is 27.0 Å². The van der Waals surface area contributed by atoms with Crippen LogP contribution in [0.25, 0.3) is 0 Å². The molecule has 17 heteroatoms. The summed E-state index contributed by atoms with van der Waals surface area (Å²) in [5.74, 6) is -0.882. The number of hydrogen-bond acceptors (Lipinski definition) is 8. The fourth-order valence-corrected chi connectivity index (χ4v) is 4.17. The van der Waals surface area contributed by atoms with E-state index in [4.69, 9.17) is 21.6 Å². The summed E-state index contributed by atoms with van der Waals surface area (Å²) in [5, 5.41) is 2.47. The van der Waals surface area contributed by atoms with Crippen molar-refractivity contribution < 1.29 is 47.9 Å². The van der Waals surface area contributed by atoms with E-state index >= 15 is 0 Å². The van der Waals surface area contributed by atoms with Crippen LogP contribution in [0.2, 0.25) is 0 Å². The summed E-state index contributed by atoms with van der Waals surface area (Å²) in [6, 6.07) is -1.21. The molecule has 2 aliphatic heterocycles. The monoisotopic (exact) mass is 532 g/mol. The SMILES string of the molecule is CC1(C)C(=O)N(CCCP(=O)([O-])O)C(=O)N1Cl.CC1(C)NC(=O)N(CCCP(=O)([O-])O)C1=O. The van der Waals surface area contributed by atoms with Crippen molar-refractivity contribution in [3.8, 4) is 0 Å². The highest BCUT2D eigenvalue weighted by molar-refractivity contribution is 7.50.